The molecule has 6 heteroatoms. The summed E-state index contributed by atoms with van der Waals surface area (Å²) in [7, 11) is 0. The first-order chi connectivity index (χ1) is 12.7. The van der Waals surface area contributed by atoms with E-state index in [2.05, 4.69) is 27.5 Å². The maximum Gasteiger partial charge on any atom is 0.251 e. The average Bonchev–Trinajstić information content (AvgIpc) is 3.20. The largest absolute Gasteiger partial charge is 0.343 e. The highest BCUT2D eigenvalue weighted by Gasteiger charge is 2.10. The summed E-state index contributed by atoms with van der Waals surface area (Å²) >= 11 is 3.35. The minimum atomic E-state index is -0.263. The summed E-state index contributed by atoms with van der Waals surface area (Å²) < 4.78 is 0. The van der Waals surface area contributed by atoms with Crippen LogP contribution >= 0.6 is 23.1 Å². The quantitative estimate of drug-likeness (QED) is 0.595. The van der Waals surface area contributed by atoms with E-state index >= 15 is 0 Å². The van der Waals surface area contributed by atoms with Gasteiger partial charge in [0.2, 0.25) is 5.91 Å². The van der Waals surface area contributed by atoms with Crippen LogP contribution in [0.15, 0.2) is 76.3 Å². The zero-order valence-corrected chi connectivity index (χ0v) is 15.6. The summed E-state index contributed by atoms with van der Waals surface area (Å²) in [5.41, 5.74) is 2.55. The number of carbonyl (C=O) groups excluding carboxylic acids is 2. The van der Waals surface area contributed by atoms with Crippen LogP contribution in [-0.4, -0.2) is 18.4 Å². The Bertz CT molecular complexity index is 865. The first-order valence-electron chi connectivity index (χ1n) is 8.08. The van der Waals surface area contributed by atoms with Gasteiger partial charge in [0.15, 0.2) is 0 Å². The molecule has 0 aliphatic carbocycles. The fourth-order valence-corrected chi connectivity index (χ4v) is 4.00. The number of hydrogen-bond donors (Lipinski definition) is 2. The van der Waals surface area contributed by atoms with E-state index in [1.807, 2.05) is 30.3 Å². The Kier molecular flexibility index (Phi) is 6.46. The number of para-hydroxylation sites is 1. The molecule has 2 amide bonds. The molecular weight excluding hydrogens is 364 g/mol. The maximum atomic E-state index is 12.2. The van der Waals surface area contributed by atoms with Crippen LogP contribution in [0.3, 0.4) is 0 Å². The summed E-state index contributed by atoms with van der Waals surface area (Å²) in [6.45, 7) is -0.0722. The summed E-state index contributed by atoms with van der Waals surface area (Å²) in [4.78, 5) is 25.2. The average molecular weight is 383 g/mol. The molecule has 26 heavy (non-hydrogen) atoms. The van der Waals surface area contributed by atoms with Gasteiger partial charge in [0.05, 0.1) is 12.2 Å². The number of rotatable bonds is 7. The van der Waals surface area contributed by atoms with Gasteiger partial charge in [-0.05, 0) is 46.7 Å². The summed E-state index contributed by atoms with van der Waals surface area (Å²) in [6, 6.07) is 18.6. The summed E-state index contributed by atoms with van der Waals surface area (Å²) in [5, 5.41) is 9.68. The van der Waals surface area contributed by atoms with Crippen LogP contribution in [0.25, 0.3) is 0 Å². The standard InChI is InChI=1S/C20H18N2O2S2/c23-19(12-21-20(24)16-6-2-1-3-7-16)22-17-8-4-5-9-18(17)26-14-15-10-11-25-13-15/h1-11,13H,12,14H2,(H,21,24)(H,22,23). The van der Waals surface area contributed by atoms with Gasteiger partial charge in [-0.3, -0.25) is 9.59 Å². The molecule has 2 N–H and O–H groups in total. The fraction of sp³-hybridized carbons (Fsp3) is 0.100. The molecule has 0 aliphatic rings. The number of hydrogen-bond acceptors (Lipinski definition) is 4. The third-order valence-electron chi connectivity index (χ3n) is 3.58. The Balaban J connectivity index is 1.54. The molecule has 0 fully saturated rings. The SMILES string of the molecule is O=C(CNC(=O)c1ccccc1)Nc1ccccc1SCc1ccsc1. The zero-order valence-electron chi connectivity index (χ0n) is 14.0. The lowest BCUT2D eigenvalue weighted by Gasteiger charge is -2.11. The van der Waals surface area contributed by atoms with E-state index in [9.17, 15) is 9.59 Å². The monoisotopic (exact) mass is 382 g/mol. The smallest absolute Gasteiger partial charge is 0.251 e. The molecule has 0 atom stereocenters. The van der Waals surface area contributed by atoms with Crippen molar-refractivity contribution in [3.05, 3.63) is 82.6 Å². The van der Waals surface area contributed by atoms with Gasteiger partial charge in [-0.15, -0.1) is 11.8 Å². The molecule has 0 bridgehead atoms. The minimum Gasteiger partial charge on any atom is -0.343 e. The van der Waals surface area contributed by atoms with Crippen LogP contribution < -0.4 is 10.6 Å². The van der Waals surface area contributed by atoms with Crippen LogP contribution in [0.4, 0.5) is 5.69 Å². The Morgan fingerprint density at radius 2 is 1.73 bits per heavy atom. The Hall–Kier alpha value is -2.57. The van der Waals surface area contributed by atoms with Crippen LogP contribution in [0.5, 0.6) is 0 Å². The highest BCUT2D eigenvalue weighted by molar-refractivity contribution is 7.98. The molecule has 0 unspecified atom stereocenters. The third-order valence-corrected chi connectivity index (χ3v) is 5.46. The minimum absolute atomic E-state index is 0.0722. The molecule has 4 nitrogen and oxygen atoms in total. The predicted octanol–water partition coefficient (Wildman–Crippen LogP) is 4.41. The van der Waals surface area contributed by atoms with E-state index in [1.165, 1.54) is 5.56 Å². The second-order valence-electron chi connectivity index (χ2n) is 5.51. The molecule has 1 aromatic heterocycles. The van der Waals surface area contributed by atoms with Gasteiger partial charge in [0.25, 0.3) is 5.91 Å². The van der Waals surface area contributed by atoms with E-state index < -0.39 is 0 Å². The van der Waals surface area contributed by atoms with E-state index in [0.29, 0.717) is 5.56 Å². The number of thiophene rings is 1. The van der Waals surface area contributed by atoms with Crippen molar-refractivity contribution in [3.63, 3.8) is 0 Å². The zero-order chi connectivity index (χ0) is 18.2. The molecule has 3 rings (SSSR count). The number of benzene rings is 2. The molecule has 0 radical (unpaired) electrons. The van der Waals surface area contributed by atoms with Gasteiger partial charge in [0, 0.05) is 16.2 Å². The van der Waals surface area contributed by atoms with Crippen LogP contribution in [-0.2, 0) is 10.5 Å². The van der Waals surface area contributed by atoms with E-state index in [-0.39, 0.29) is 18.4 Å². The molecule has 0 saturated heterocycles. The van der Waals surface area contributed by atoms with E-state index in [0.717, 1.165) is 16.3 Å². The molecule has 132 valence electrons. The van der Waals surface area contributed by atoms with Crippen molar-refractivity contribution in [2.24, 2.45) is 0 Å². The van der Waals surface area contributed by atoms with Crippen molar-refractivity contribution in [2.75, 3.05) is 11.9 Å². The fourth-order valence-electron chi connectivity index (χ4n) is 2.28. The molecule has 2 aromatic carbocycles. The van der Waals surface area contributed by atoms with Gasteiger partial charge < -0.3 is 10.6 Å². The van der Waals surface area contributed by atoms with Crippen LogP contribution in [0, 0.1) is 0 Å². The van der Waals surface area contributed by atoms with Gasteiger partial charge >= 0.3 is 0 Å². The normalized spacial score (nSPS) is 10.3. The molecule has 1 heterocycles. The van der Waals surface area contributed by atoms with Crippen LogP contribution in [0.2, 0.25) is 0 Å². The van der Waals surface area contributed by atoms with Crippen LogP contribution in [0.1, 0.15) is 15.9 Å². The van der Waals surface area contributed by atoms with Crippen molar-refractivity contribution in [2.45, 2.75) is 10.6 Å². The highest BCUT2D eigenvalue weighted by atomic mass is 32.2. The number of thioether (sulfide) groups is 1. The lowest BCUT2D eigenvalue weighted by molar-refractivity contribution is -0.115. The first-order valence-corrected chi connectivity index (χ1v) is 10.0. The van der Waals surface area contributed by atoms with E-state index in [4.69, 9.17) is 0 Å². The number of carbonyl (C=O) groups is 2. The predicted molar refractivity (Wildman–Crippen MR) is 108 cm³/mol. The number of nitrogens with one attached hydrogen (secondary N) is 2. The van der Waals surface area contributed by atoms with Gasteiger partial charge in [-0.1, -0.05) is 30.3 Å². The second kappa shape index (κ2) is 9.22. The van der Waals surface area contributed by atoms with E-state index in [1.54, 1.807) is 47.4 Å². The number of amides is 2. The van der Waals surface area contributed by atoms with Gasteiger partial charge in [-0.2, -0.15) is 11.3 Å². The second-order valence-corrected chi connectivity index (χ2v) is 7.31. The number of anilines is 1. The molecule has 0 spiro atoms. The topological polar surface area (TPSA) is 58.2 Å². The molecule has 0 aliphatic heterocycles. The van der Waals surface area contributed by atoms with Crippen molar-refractivity contribution in [3.8, 4) is 0 Å². The maximum absolute atomic E-state index is 12.2. The molecular formula is C20H18N2O2S2. The lowest BCUT2D eigenvalue weighted by atomic mass is 10.2. The summed E-state index contributed by atoms with van der Waals surface area (Å²) in [5.74, 6) is 0.333. The van der Waals surface area contributed by atoms with Gasteiger partial charge in [-0.25, -0.2) is 0 Å². The third kappa shape index (κ3) is 5.21. The Morgan fingerprint density at radius 3 is 2.50 bits per heavy atom. The molecule has 3 aromatic rings. The lowest BCUT2D eigenvalue weighted by Crippen LogP contribution is -2.32. The highest BCUT2D eigenvalue weighted by Crippen LogP contribution is 2.30. The van der Waals surface area contributed by atoms with Crippen molar-refractivity contribution < 1.29 is 9.59 Å². The summed E-state index contributed by atoms with van der Waals surface area (Å²) in [6.07, 6.45) is 0. The van der Waals surface area contributed by atoms with Crippen molar-refractivity contribution in [1.29, 1.82) is 0 Å². The Labute approximate surface area is 160 Å². The molecule has 0 saturated carbocycles. The van der Waals surface area contributed by atoms with Gasteiger partial charge in [0.1, 0.15) is 0 Å². The van der Waals surface area contributed by atoms with Crippen molar-refractivity contribution in [1.82, 2.24) is 5.32 Å². The Morgan fingerprint density at radius 1 is 0.962 bits per heavy atom. The van der Waals surface area contributed by atoms with Crippen molar-refractivity contribution >= 4 is 40.6 Å². The first kappa shape index (κ1) is 18.2.